The minimum atomic E-state index is -1.37. The summed E-state index contributed by atoms with van der Waals surface area (Å²) in [6, 6.07) is 31.6. The van der Waals surface area contributed by atoms with Crippen LogP contribution in [-0.2, 0) is 6.42 Å². The molecule has 0 nitrogen and oxygen atoms in total. The lowest BCUT2D eigenvalue weighted by Crippen LogP contribution is -2.51. The van der Waals surface area contributed by atoms with Gasteiger partial charge in [0.2, 0.25) is 0 Å². The highest BCUT2D eigenvalue weighted by atomic mass is 32.2. The molecule has 1 aliphatic heterocycles. The van der Waals surface area contributed by atoms with Gasteiger partial charge in [0.05, 0.1) is 11.8 Å². The molecule has 30 heavy (non-hydrogen) atoms. The van der Waals surface area contributed by atoms with Gasteiger partial charge in [-0.2, -0.15) is 0 Å². The smallest absolute Gasteiger partial charge is 0.0756 e. The van der Waals surface area contributed by atoms with Crippen molar-refractivity contribution in [3.8, 4) is 0 Å². The Balaban J connectivity index is 1.81. The second-order valence-electron chi connectivity index (χ2n) is 8.87. The van der Waals surface area contributed by atoms with Gasteiger partial charge in [-0.05, 0) is 53.7 Å². The molecule has 4 rings (SSSR count). The van der Waals surface area contributed by atoms with Crippen molar-refractivity contribution >= 4 is 55.4 Å². The van der Waals surface area contributed by atoms with Gasteiger partial charge in [-0.3, -0.25) is 0 Å². The average molecular weight is 467 g/mol. The molecule has 1 heterocycles. The molecule has 1 fully saturated rings. The van der Waals surface area contributed by atoms with E-state index in [-0.39, 0.29) is 0 Å². The van der Waals surface area contributed by atoms with E-state index in [9.17, 15) is 0 Å². The van der Waals surface area contributed by atoms with Crippen LogP contribution in [0.15, 0.2) is 84.9 Å². The van der Waals surface area contributed by atoms with Crippen LogP contribution in [0.5, 0.6) is 0 Å². The Labute approximate surface area is 193 Å². The van der Waals surface area contributed by atoms with Crippen LogP contribution in [-0.4, -0.2) is 23.3 Å². The van der Waals surface area contributed by atoms with E-state index in [1.54, 1.807) is 5.56 Å². The van der Waals surface area contributed by atoms with Gasteiger partial charge < -0.3 is 0 Å². The van der Waals surface area contributed by atoms with Crippen molar-refractivity contribution in [3.05, 3.63) is 90.5 Å². The SMILES string of the molecule is C[Si](C)(C)C1(Cc2ccccc2P(c2ccccc2)c2ccccc2)SCCCS1. The lowest BCUT2D eigenvalue weighted by molar-refractivity contribution is 0.969. The van der Waals surface area contributed by atoms with E-state index in [2.05, 4.69) is 128 Å². The fraction of sp³-hybridized carbons (Fsp3) is 0.308. The summed E-state index contributed by atoms with van der Waals surface area (Å²) in [5.74, 6) is 2.62. The molecule has 0 aromatic heterocycles. The standard InChI is InChI=1S/C26H31PS2Si/c1-30(2,3)26(28-19-12-20-29-26)21-22-13-10-11-18-25(22)27(23-14-6-4-7-15-23)24-16-8-5-9-17-24/h4-11,13-18H,12,19-21H2,1-3H3. The highest BCUT2D eigenvalue weighted by molar-refractivity contribution is 8.21. The molecule has 0 bridgehead atoms. The summed E-state index contributed by atoms with van der Waals surface area (Å²) in [7, 11) is -1.93. The zero-order valence-electron chi connectivity index (χ0n) is 18.2. The Morgan fingerprint density at radius 2 is 1.23 bits per heavy atom. The van der Waals surface area contributed by atoms with Crippen molar-refractivity contribution in [2.24, 2.45) is 0 Å². The van der Waals surface area contributed by atoms with Crippen molar-refractivity contribution in [1.29, 1.82) is 0 Å². The molecule has 4 heteroatoms. The van der Waals surface area contributed by atoms with Crippen molar-refractivity contribution < 1.29 is 0 Å². The first kappa shape index (κ1) is 22.2. The van der Waals surface area contributed by atoms with Gasteiger partial charge in [0.1, 0.15) is 0 Å². The lowest BCUT2D eigenvalue weighted by atomic mass is 10.2. The van der Waals surface area contributed by atoms with Crippen LogP contribution in [0.25, 0.3) is 0 Å². The normalized spacial score (nSPS) is 16.5. The molecule has 1 saturated heterocycles. The van der Waals surface area contributed by atoms with Gasteiger partial charge >= 0.3 is 0 Å². The van der Waals surface area contributed by atoms with Gasteiger partial charge in [-0.1, -0.05) is 105 Å². The number of hydrogen-bond donors (Lipinski definition) is 0. The van der Waals surface area contributed by atoms with Crippen LogP contribution < -0.4 is 15.9 Å². The van der Waals surface area contributed by atoms with Crippen LogP contribution in [0.1, 0.15) is 12.0 Å². The monoisotopic (exact) mass is 466 g/mol. The molecule has 0 aliphatic carbocycles. The number of hydrogen-bond acceptors (Lipinski definition) is 2. The quantitative estimate of drug-likeness (QED) is 0.303. The van der Waals surface area contributed by atoms with Gasteiger partial charge in [-0.25, -0.2) is 0 Å². The van der Waals surface area contributed by atoms with Crippen LogP contribution in [0.3, 0.4) is 0 Å². The van der Waals surface area contributed by atoms with Crippen molar-refractivity contribution in [2.75, 3.05) is 11.5 Å². The summed E-state index contributed by atoms with van der Waals surface area (Å²) in [5.41, 5.74) is 1.56. The molecule has 0 atom stereocenters. The minimum Gasteiger partial charge on any atom is -0.147 e. The second-order valence-corrected chi connectivity index (χ2v) is 20.2. The minimum absolute atomic E-state index is 0.371. The van der Waals surface area contributed by atoms with E-state index >= 15 is 0 Å². The van der Waals surface area contributed by atoms with Gasteiger partial charge in [0.15, 0.2) is 0 Å². The molecule has 0 N–H and O–H groups in total. The molecule has 1 aliphatic rings. The Morgan fingerprint density at radius 3 is 1.77 bits per heavy atom. The van der Waals surface area contributed by atoms with Gasteiger partial charge in [-0.15, -0.1) is 23.5 Å². The predicted octanol–water partition coefficient (Wildman–Crippen LogP) is 6.43. The van der Waals surface area contributed by atoms with Crippen molar-refractivity contribution in [2.45, 2.75) is 36.2 Å². The average Bonchev–Trinajstić information content (AvgIpc) is 2.77. The predicted molar refractivity (Wildman–Crippen MR) is 144 cm³/mol. The molecular formula is C26H31PS2Si. The van der Waals surface area contributed by atoms with Gasteiger partial charge in [0.25, 0.3) is 0 Å². The van der Waals surface area contributed by atoms with E-state index in [4.69, 9.17) is 0 Å². The Hall–Kier alpha value is -0.993. The first-order valence-electron chi connectivity index (χ1n) is 10.8. The van der Waals surface area contributed by atoms with Crippen LogP contribution >= 0.6 is 31.4 Å². The highest BCUT2D eigenvalue weighted by Crippen LogP contribution is 2.51. The van der Waals surface area contributed by atoms with Crippen LogP contribution in [0.2, 0.25) is 19.6 Å². The maximum Gasteiger partial charge on any atom is 0.0756 e. The number of benzene rings is 3. The largest absolute Gasteiger partial charge is 0.147 e. The maximum absolute atomic E-state index is 2.57. The molecule has 0 radical (unpaired) electrons. The van der Waals surface area contributed by atoms with Crippen molar-refractivity contribution in [3.63, 3.8) is 0 Å². The number of thioether (sulfide) groups is 2. The maximum atomic E-state index is 2.57. The summed E-state index contributed by atoms with van der Waals surface area (Å²) in [5, 5.41) is 4.42. The topological polar surface area (TPSA) is 0 Å². The van der Waals surface area contributed by atoms with E-state index < -0.39 is 16.0 Å². The second kappa shape index (κ2) is 9.65. The molecule has 0 amide bonds. The summed E-state index contributed by atoms with van der Waals surface area (Å²) >= 11 is 4.51. The van der Waals surface area contributed by atoms with Crippen LogP contribution in [0.4, 0.5) is 0 Å². The summed E-state index contributed by atoms with van der Waals surface area (Å²) in [6.07, 6.45) is 2.54. The van der Waals surface area contributed by atoms with Crippen molar-refractivity contribution in [1.82, 2.24) is 0 Å². The number of rotatable bonds is 6. The molecule has 0 unspecified atom stereocenters. The first-order valence-corrected chi connectivity index (χ1v) is 17.6. The van der Waals surface area contributed by atoms with E-state index in [0.29, 0.717) is 3.70 Å². The zero-order chi connectivity index (χ0) is 21.0. The van der Waals surface area contributed by atoms with E-state index in [1.165, 1.54) is 40.3 Å². The fourth-order valence-electron chi connectivity index (χ4n) is 4.09. The zero-order valence-corrected chi connectivity index (χ0v) is 21.7. The van der Waals surface area contributed by atoms with E-state index in [0.717, 1.165) is 0 Å². The Kier molecular flexibility index (Phi) is 7.14. The third-order valence-electron chi connectivity index (χ3n) is 5.79. The molecule has 3 aromatic carbocycles. The Bertz CT molecular complexity index is 908. The lowest BCUT2D eigenvalue weighted by Gasteiger charge is -2.46. The van der Waals surface area contributed by atoms with Gasteiger partial charge in [0, 0.05) is 0 Å². The van der Waals surface area contributed by atoms with Crippen LogP contribution in [0, 0.1) is 0 Å². The highest BCUT2D eigenvalue weighted by Gasteiger charge is 2.46. The molecular weight excluding hydrogens is 435 g/mol. The molecule has 156 valence electrons. The third kappa shape index (κ3) is 4.75. The Morgan fingerprint density at radius 1 is 0.733 bits per heavy atom. The fourth-order valence-corrected chi connectivity index (χ4v) is 14.1. The molecule has 3 aromatic rings. The van der Waals surface area contributed by atoms with E-state index in [1.807, 2.05) is 0 Å². The first-order chi connectivity index (χ1) is 14.5. The summed E-state index contributed by atoms with van der Waals surface area (Å²) < 4.78 is 0.371. The molecule has 0 saturated carbocycles. The summed E-state index contributed by atoms with van der Waals surface area (Å²) in [4.78, 5) is 0. The molecule has 0 spiro atoms. The third-order valence-corrected chi connectivity index (χ3v) is 18.2. The summed E-state index contributed by atoms with van der Waals surface area (Å²) in [6.45, 7) is 7.70.